The minimum Gasteiger partial charge on any atom is -0.0776 e. The molecular formula is C13H24. The van der Waals surface area contributed by atoms with Gasteiger partial charge in [-0.3, -0.25) is 0 Å². The molecule has 0 unspecified atom stereocenters. The van der Waals surface area contributed by atoms with Gasteiger partial charge in [-0.25, -0.2) is 0 Å². The maximum absolute atomic E-state index is 2.25. The molecule has 0 N–H and O–H groups in total. The summed E-state index contributed by atoms with van der Waals surface area (Å²) in [6.07, 6.45) is 0. The van der Waals surface area contributed by atoms with E-state index in [1.807, 2.05) is 0 Å². The third kappa shape index (κ3) is 4.12. The van der Waals surface area contributed by atoms with E-state index in [0.717, 1.165) is 0 Å². The van der Waals surface area contributed by atoms with Crippen LogP contribution < -0.4 is 0 Å². The summed E-state index contributed by atoms with van der Waals surface area (Å²) in [4.78, 5) is 0. The van der Waals surface area contributed by atoms with Gasteiger partial charge in [0.15, 0.2) is 0 Å². The molecule has 0 heteroatoms. The van der Waals surface area contributed by atoms with E-state index in [2.05, 4.69) is 52.0 Å². The van der Waals surface area contributed by atoms with Crippen molar-refractivity contribution >= 4 is 0 Å². The lowest BCUT2D eigenvalue weighted by molar-refractivity contribution is 0.590. The van der Waals surface area contributed by atoms with E-state index in [1.165, 1.54) is 11.1 Å². The van der Waals surface area contributed by atoms with Gasteiger partial charge in [-0.1, -0.05) is 65.5 Å². The first-order valence-corrected chi connectivity index (χ1v) is 4.07. The molecule has 0 atom stereocenters. The zero-order valence-corrected chi connectivity index (χ0v) is 7.81. The Kier molecular flexibility index (Phi) is 5.73. The van der Waals surface area contributed by atoms with Crippen LogP contribution in [0, 0.1) is 6.92 Å². The van der Waals surface area contributed by atoms with Crippen LogP contribution in [0.5, 0.6) is 0 Å². The summed E-state index contributed by atoms with van der Waals surface area (Å²) in [6, 6.07) is 8.69. The first-order chi connectivity index (χ1) is 5.00. The Balaban J connectivity index is 0. The van der Waals surface area contributed by atoms with Crippen molar-refractivity contribution < 1.29 is 0 Å². The van der Waals surface area contributed by atoms with Crippen LogP contribution in [0.1, 0.15) is 46.8 Å². The predicted molar refractivity (Wildman–Crippen MR) is 63.3 cm³/mol. The van der Waals surface area contributed by atoms with Crippen LogP contribution in [0.2, 0.25) is 0 Å². The molecule has 0 aliphatic rings. The first-order valence-electron chi connectivity index (χ1n) is 4.07. The topological polar surface area (TPSA) is 0 Å². The van der Waals surface area contributed by atoms with Crippen molar-refractivity contribution in [2.45, 2.75) is 48.0 Å². The smallest absolute Gasteiger partial charge is 0.0132 e. The number of hydrogen-bond donors (Lipinski definition) is 0. The van der Waals surface area contributed by atoms with Gasteiger partial charge in [0.05, 0.1) is 0 Å². The summed E-state index contributed by atoms with van der Waals surface area (Å²) in [5.74, 6) is 0. The molecule has 1 aromatic rings. The van der Waals surface area contributed by atoms with Crippen LogP contribution in [0.3, 0.4) is 0 Å². The van der Waals surface area contributed by atoms with Crippen molar-refractivity contribution in [1.82, 2.24) is 0 Å². The predicted octanol–water partition coefficient (Wildman–Crippen LogP) is 4.56. The Morgan fingerprint density at radius 2 is 1.54 bits per heavy atom. The molecule has 1 aromatic carbocycles. The van der Waals surface area contributed by atoms with Gasteiger partial charge in [-0.2, -0.15) is 0 Å². The highest BCUT2D eigenvalue weighted by atomic mass is 14.2. The Bertz CT molecular complexity index is 240. The van der Waals surface area contributed by atoms with Crippen LogP contribution in [0.25, 0.3) is 0 Å². The zero-order valence-electron chi connectivity index (χ0n) is 7.81. The average Bonchev–Trinajstić information content (AvgIpc) is 1.86. The van der Waals surface area contributed by atoms with E-state index in [-0.39, 0.29) is 20.3 Å². The zero-order chi connectivity index (χ0) is 8.48. The molecule has 0 saturated carbocycles. The third-order valence-electron chi connectivity index (χ3n) is 1.88. The number of rotatable bonds is 0. The lowest BCUT2D eigenvalue weighted by Gasteiger charge is -2.19. The van der Waals surface area contributed by atoms with Crippen LogP contribution in [0.4, 0.5) is 0 Å². The molecular weight excluding hydrogens is 156 g/mol. The molecule has 0 nitrogen and oxygen atoms in total. The Labute approximate surface area is 84.0 Å². The molecule has 0 aliphatic carbocycles. The second kappa shape index (κ2) is 5.06. The van der Waals surface area contributed by atoms with Crippen molar-refractivity contribution in [3.05, 3.63) is 35.4 Å². The molecule has 0 heterocycles. The Hall–Kier alpha value is -0.780. The molecule has 0 fully saturated rings. The van der Waals surface area contributed by atoms with Gasteiger partial charge in [0, 0.05) is 0 Å². The fraction of sp³-hybridized carbons (Fsp3) is 0.538. The quantitative estimate of drug-likeness (QED) is 0.549. The highest BCUT2D eigenvalue weighted by Gasteiger charge is 2.12. The highest BCUT2D eigenvalue weighted by Crippen LogP contribution is 2.22. The third-order valence-corrected chi connectivity index (χ3v) is 1.88. The van der Waals surface area contributed by atoms with Gasteiger partial charge in [0.25, 0.3) is 0 Å². The normalized spacial score (nSPS) is 9.85. The summed E-state index contributed by atoms with van der Waals surface area (Å²) in [7, 11) is 0. The Morgan fingerprint density at radius 1 is 1.00 bits per heavy atom. The molecule has 13 heavy (non-hydrogen) atoms. The van der Waals surface area contributed by atoms with Crippen LogP contribution in [-0.4, -0.2) is 0 Å². The monoisotopic (exact) mass is 180 g/mol. The fourth-order valence-corrected chi connectivity index (χ4v) is 1.11. The molecule has 0 bridgehead atoms. The maximum Gasteiger partial charge on any atom is -0.0132 e. The molecule has 0 aliphatic heterocycles. The molecule has 1 rings (SSSR count). The maximum atomic E-state index is 2.25. The van der Waals surface area contributed by atoms with Crippen LogP contribution >= 0.6 is 0 Å². The Morgan fingerprint density at radius 3 is 1.85 bits per heavy atom. The summed E-state index contributed by atoms with van der Waals surface area (Å²) >= 11 is 0. The van der Waals surface area contributed by atoms with E-state index in [4.69, 9.17) is 0 Å². The lowest BCUT2D eigenvalue weighted by atomic mass is 9.86. The molecule has 0 radical (unpaired) electrons. The second-order valence-corrected chi connectivity index (χ2v) is 4.12. The largest absolute Gasteiger partial charge is 0.0776 e. The van der Waals surface area contributed by atoms with Gasteiger partial charge in [-0.05, 0) is 17.9 Å². The van der Waals surface area contributed by atoms with Gasteiger partial charge >= 0.3 is 0 Å². The standard InChI is InChI=1S/C11H16.2CH4/c1-9-6-5-7-10(8-9)11(2,3)4;;/h5-8H,1-4H3;2*1H4. The van der Waals surface area contributed by atoms with Crippen molar-refractivity contribution in [2.75, 3.05) is 0 Å². The van der Waals surface area contributed by atoms with E-state index < -0.39 is 0 Å². The van der Waals surface area contributed by atoms with E-state index in [9.17, 15) is 0 Å². The SMILES string of the molecule is C.C.Cc1cccc(C(C)(C)C)c1. The van der Waals surface area contributed by atoms with Crippen LogP contribution in [0.15, 0.2) is 24.3 Å². The van der Waals surface area contributed by atoms with Gasteiger partial charge in [0.2, 0.25) is 0 Å². The fourth-order valence-electron chi connectivity index (χ4n) is 1.11. The molecule has 0 amide bonds. The molecule has 76 valence electrons. The summed E-state index contributed by atoms with van der Waals surface area (Å²) in [5, 5.41) is 0. The minimum atomic E-state index is 0. The average molecular weight is 180 g/mol. The van der Waals surface area contributed by atoms with Crippen molar-refractivity contribution in [1.29, 1.82) is 0 Å². The van der Waals surface area contributed by atoms with Crippen LogP contribution in [-0.2, 0) is 5.41 Å². The highest BCUT2D eigenvalue weighted by molar-refractivity contribution is 5.27. The van der Waals surface area contributed by atoms with Crippen molar-refractivity contribution in [3.8, 4) is 0 Å². The molecule has 0 aromatic heterocycles. The summed E-state index contributed by atoms with van der Waals surface area (Å²) in [5.41, 5.74) is 3.04. The summed E-state index contributed by atoms with van der Waals surface area (Å²) < 4.78 is 0. The van der Waals surface area contributed by atoms with E-state index in [0.29, 0.717) is 0 Å². The first kappa shape index (κ1) is 14.7. The van der Waals surface area contributed by atoms with Crippen molar-refractivity contribution in [2.24, 2.45) is 0 Å². The number of aryl methyl sites for hydroxylation is 1. The molecule has 0 spiro atoms. The number of benzene rings is 1. The molecule has 0 saturated heterocycles. The van der Waals surface area contributed by atoms with Gasteiger partial charge < -0.3 is 0 Å². The summed E-state index contributed by atoms with van der Waals surface area (Å²) in [6.45, 7) is 8.85. The lowest BCUT2D eigenvalue weighted by Crippen LogP contribution is -2.10. The van der Waals surface area contributed by atoms with Crippen molar-refractivity contribution in [3.63, 3.8) is 0 Å². The van der Waals surface area contributed by atoms with Gasteiger partial charge in [0.1, 0.15) is 0 Å². The van der Waals surface area contributed by atoms with E-state index in [1.54, 1.807) is 0 Å². The second-order valence-electron chi connectivity index (χ2n) is 4.12. The number of hydrogen-bond acceptors (Lipinski definition) is 0. The van der Waals surface area contributed by atoms with Gasteiger partial charge in [-0.15, -0.1) is 0 Å². The minimum absolute atomic E-state index is 0. The van der Waals surface area contributed by atoms with E-state index >= 15 is 0 Å².